The Morgan fingerprint density at radius 2 is 0.374 bits per heavy atom. The van der Waals surface area contributed by atoms with Crippen LogP contribution >= 0.6 is 0 Å². The first-order chi connectivity index (χ1) is 49.1. The quantitative estimate of drug-likeness (QED) is 0.106. The van der Waals surface area contributed by atoms with Crippen LogP contribution in [-0.2, 0) is 0 Å². The van der Waals surface area contributed by atoms with E-state index in [1.54, 1.807) is 0 Å². The monoisotopic (exact) mass is 1260 g/mol. The molecule has 0 amide bonds. The smallest absolute Gasteiger partial charge is 0.252 e. The summed E-state index contributed by atoms with van der Waals surface area (Å²) in [6.07, 6.45) is 0. The van der Waals surface area contributed by atoms with Crippen molar-refractivity contribution in [1.82, 2.24) is 0 Å². The van der Waals surface area contributed by atoms with Gasteiger partial charge in [-0.2, -0.15) is 0 Å². The molecule has 0 unspecified atom stereocenters. The van der Waals surface area contributed by atoms with Crippen molar-refractivity contribution in [2.45, 2.75) is 0 Å². The second kappa shape index (κ2) is 25.4. The molecule has 16 aromatic carbocycles. The summed E-state index contributed by atoms with van der Waals surface area (Å²) in [5, 5.41) is 0. The van der Waals surface area contributed by atoms with Crippen molar-refractivity contribution in [2.24, 2.45) is 0 Å². The summed E-state index contributed by atoms with van der Waals surface area (Å²) in [6, 6.07) is 146. The fourth-order valence-corrected chi connectivity index (χ4v) is 15.6. The number of nitrogens with zero attached hydrogens (tertiary/aromatic N) is 2. The Hall–Kier alpha value is -12.8. The number of hydrogen-bond donors (Lipinski definition) is 0. The molecule has 0 fully saturated rings. The summed E-state index contributed by atoms with van der Waals surface area (Å²) in [7, 11) is 0. The normalized spacial score (nSPS) is 12.0. The Morgan fingerprint density at radius 1 is 0.162 bits per heavy atom. The first-order valence-corrected chi connectivity index (χ1v) is 34.2. The Morgan fingerprint density at radius 3 is 0.626 bits per heavy atom. The lowest BCUT2D eigenvalue weighted by atomic mass is 9.33. The molecular formula is C96H65BN2. The molecule has 18 rings (SSSR count). The van der Waals surface area contributed by atoms with Crippen molar-refractivity contribution in [2.75, 3.05) is 9.80 Å². The Labute approximate surface area is 580 Å². The number of fused-ring (bicyclic) bond motifs is 4. The van der Waals surface area contributed by atoms with Crippen LogP contribution < -0.4 is 26.2 Å². The predicted octanol–water partition coefficient (Wildman–Crippen LogP) is 24.1. The van der Waals surface area contributed by atoms with Gasteiger partial charge in [0.15, 0.2) is 0 Å². The fraction of sp³-hybridized carbons (Fsp3) is 0. The largest absolute Gasteiger partial charge is 0.311 e. The maximum absolute atomic E-state index is 2.65. The van der Waals surface area contributed by atoms with Crippen LogP contribution in [-0.4, -0.2) is 6.71 Å². The molecule has 0 radical (unpaired) electrons. The van der Waals surface area contributed by atoms with Crippen molar-refractivity contribution < 1.29 is 0 Å². The van der Waals surface area contributed by atoms with Gasteiger partial charge in [0, 0.05) is 34.1 Å². The summed E-state index contributed by atoms with van der Waals surface area (Å²) in [5.41, 5.74) is 35.5. The van der Waals surface area contributed by atoms with Crippen molar-refractivity contribution in [3.05, 3.63) is 394 Å². The molecule has 0 aliphatic carbocycles. The number of anilines is 6. The third-order valence-electron chi connectivity index (χ3n) is 20.0. The lowest BCUT2D eigenvalue weighted by Crippen LogP contribution is -2.61. The molecule has 0 bridgehead atoms. The lowest BCUT2D eigenvalue weighted by Gasteiger charge is -2.45. The first kappa shape index (κ1) is 58.7. The standard InChI is InChI=1S/C96H65BN2/c1-12-34-66(35-13-1)77-56-92-96-93(57-77)99(79-60-86(73-48-26-8-27-49-73)95(76-54-32-11-33-55-76)87(61-79)74-50-28-9-29-51-74)91-65-83(70-42-20-5-21-43-70)81(68-38-16-3-17-39-68)63-89(91)97(96)88-62-80(67-36-14-2-15-37-67)82(69-40-18-4-19-41-69)64-90(88)98(92)78-58-84(71-44-22-6-23-45-71)94(75-52-30-10-31-53-75)85(59-78)72-46-24-7-25-47-72/h1-65H. The van der Waals surface area contributed by atoms with E-state index in [1.807, 2.05) is 0 Å². The second-order valence-electron chi connectivity index (χ2n) is 25.8. The predicted molar refractivity (Wildman–Crippen MR) is 420 cm³/mol. The summed E-state index contributed by atoms with van der Waals surface area (Å²) >= 11 is 0. The van der Waals surface area contributed by atoms with Crippen molar-refractivity contribution in [3.63, 3.8) is 0 Å². The highest BCUT2D eigenvalue weighted by Crippen LogP contribution is 2.54. The van der Waals surface area contributed by atoms with Gasteiger partial charge >= 0.3 is 0 Å². The van der Waals surface area contributed by atoms with Gasteiger partial charge in [-0.25, -0.2) is 0 Å². The number of hydrogen-bond acceptors (Lipinski definition) is 2. The average Bonchev–Trinajstić information content (AvgIpc) is 0.688. The van der Waals surface area contributed by atoms with Crippen LogP contribution in [0.25, 0.3) is 122 Å². The van der Waals surface area contributed by atoms with E-state index >= 15 is 0 Å². The van der Waals surface area contributed by atoms with E-state index in [-0.39, 0.29) is 6.71 Å². The van der Waals surface area contributed by atoms with Gasteiger partial charge in [0.2, 0.25) is 0 Å². The topological polar surface area (TPSA) is 6.48 Å². The minimum Gasteiger partial charge on any atom is -0.311 e. The molecule has 0 aromatic heterocycles. The van der Waals surface area contributed by atoms with Crippen LogP contribution in [0.5, 0.6) is 0 Å². The minimum atomic E-state index is -0.284. The molecular weight excluding hydrogens is 1190 g/mol. The van der Waals surface area contributed by atoms with Crippen molar-refractivity contribution in [3.8, 4) is 122 Å². The van der Waals surface area contributed by atoms with Crippen molar-refractivity contribution >= 4 is 57.2 Å². The second-order valence-corrected chi connectivity index (χ2v) is 25.8. The van der Waals surface area contributed by atoms with Gasteiger partial charge in [0.25, 0.3) is 6.71 Å². The summed E-state index contributed by atoms with van der Waals surface area (Å²) in [6.45, 7) is -0.284. The molecule has 462 valence electrons. The molecule has 16 aromatic rings. The van der Waals surface area contributed by atoms with Crippen LogP contribution in [0.1, 0.15) is 0 Å². The van der Waals surface area contributed by atoms with Crippen LogP contribution in [0.4, 0.5) is 34.1 Å². The Kier molecular flexibility index (Phi) is 15.1. The zero-order valence-corrected chi connectivity index (χ0v) is 54.5. The van der Waals surface area contributed by atoms with E-state index < -0.39 is 0 Å². The van der Waals surface area contributed by atoms with E-state index in [9.17, 15) is 0 Å². The van der Waals surface area contributed by atoms with Crippen LogP contribution in [0.2, 0.25) is 0 Å². The maximum atomic E-state index is 2.65. The van der Waals surface area contributed by atoms with Crippen LogP contribution in [0, 0.1) is 0 Å². The molecule has 99 heavy (non-hydrogen) atoms. The first-order valence-electron chi connectivity index (χ1n) is 34.2. The van der Waals surface area contributed by atoms with Crippen LogP contribution in [0.3, 0.4) is 0 Å². The third-order valence-corrected chi connectivity index (χ3v) is 20.0. The lowest BCUT2D eigenvalue weighted by molar-refractivity contribution is 1.25. The van der Waals surface area contributed by atoms with Gasteiger partial charge < -0.3 is 9.80 Å². The zero-order valence-electron chi connectivity index (χ0n) is 54.5. The molecule has 0 saturated heterocycles. The Bertz CT molecular complexity index is 5150. The fourth-order valence-electron chi connectivity index (χ4n) is 15.6. The molecule has 0 saturated carbocycles. The highest BCUT2D eigenvalue weighted by molar-refractivity contribution is 7.00. The van der Waals surface area contributed by atoms with E-state index in [1.165, 1.54) is 38.6 Å². The third kappa shape index (κ3) is 10.7. The molecule has 2 heterocycles. The van der Waals surface area contributed by atoms with Gasteiger partial charge in [-0.3, -0.25) is 0 Å². The van der Waals surface area contributed by atoms with Crippen LogP contribution in [0.15, 0.2) is 394 Å². The average molecular weight is 1260 g/mol. The number of benzene rings is 16. The maximum Gasteiger partial charge on any atom is 0.252 e. The highest BCUT2D eigenvalue weighted by Gasteiger charge is 2.45. The molecule has 0 N–H and O–H groups in total. The van der Waals surface area contributed by atoms with E-state index in [2.05, 4.69) is 404 Å². The van der Waals surface area contributed by atoms with Gasteiger partial charge in [-0.15, -0.1) is 0 Å². The molecule has 3 heteroatoms. The van der Waals surface area contributed by atoms with Gasteiger partial charge in [0.1, 0.15) is 0 Å². The summed E-state index contributed by atoms with van der Waals surface area (Å²) in [5.74, 6) is 0. The van der Waals surface area contributed by atoms with E-state index in [4.69, 9.17) is 0 Å². The Balaban J connectivity index is 1.04. The summed E-state index contributed by atoms with van der Waals surface area (Å²) in [4.78, 5) is 5.30. The van der Waals surface area contributed by atoms with E-state index in [0.717, 1.165) is 134 Å². The van der Waals surface area contributed by atoms with E-state index in [0.29, 0.717) is 0 Å². The SMILES string of the molecule is c1ccc(-c2cc3c4c(c2)N(c2cc(-c5ccccc5)c(-c5ccccc5)c(-c5ccccc5)c2)c2cc(-c5ccccc5)c(-c5ccccc5)cc2B4c2cc(-c4ccccc4)c(-c4ccccc4)cc2N3c2cc(-c3ccccc3)c(-c3ccccc3)c(-c3ccccc3)c2)cc1. The molecule has 0 atom stereocenters. The number of rotatable bonds is 13. The zero-order chi connectivity index (χ0) is 65.6. The van der Waals surface area contributed by atoms with Gasteiger partial charge in [-0.05, 0) is 187 Å². The molecule has 2 aliphatic heterocycles. The molecule has 2 nitrogen and oxygen atoms in total. The molecule has 0 spiro atoms. The summed E-state index contributed by atoms with van der Waals surface area (Å²) < 4.78 is 0. The van der Waals surface area contributed by atoms with Crippen molar-refractivity contribution in [1.29, 1.82) is 0 Å². The highest BCUT2D eigenvalue weighted by atomic mass is 15.2. The van der Waals surface area contributed by atoms with Gasteiger partial charge in [-0.1, -0.05) is 346 Å². The molecule has 2 aliphatic rings. The van der Waals surface area contributed by atoms with Gasteiger partial charge in [0.05, 0.1) is 0 Å². The minimum absolute atomic E-state index is 0.284.